The summed E-state index contributed by atoms with van der Waals surface area (Å²) in [5, 5.41) is 9.76. The molecule has 102 valence electrons. The van der Waals surface area contributed by atoms with E-state index in [1.54, 1.807) is 19.1 Å². The van der Waals surface area contributed by atoms with Gasteiger partial charge in [0.05, 0.1) is 10.0 Å². The van der Waals surface area contributed by atoms with Crippen molar-refractivity contribution in [3.05, 3.63) is 64.1 Å². The molecule has 0 spiro atoms. The second-order valence-electron chi connectivity index (χ2n) is 4.37. The van der Waals surface area contributed by atoms with Gasteiger partial charge in [-0.05, 0) is 41.3 Å². The van der Waals surface area contributed by atoms with Crippen molar-refractivity contribution < 1.29 is 9.90 Å². The Labute approximate surface area is 127 Å². The predicted molar refractivity (Wildman–Crippen MR) is 83.2 cm³/mol. The Morgan fingerprint density at radius 1 is 1.00 bits per heavy atom. The number of halogens is 2. The molecule has 0 fully saturated rings. The molecule has 4 heteroatoms. The summed E-state index contributed by atoms with van der Waals surface area (Å²) in [6.07, 6.45) is 1.19. The molecule has 0 saturated carbocycles. The van der Waals surface area contributed by atoms with Gasteiger partial charge in [-0.3, -0.25) is 0 Å². The van der Waals surface area contributed by atoms with Crippen molar-refractivity contribution in [2.24, 2.45) is 0 Å². The van der Waals surface area contributed by atoms with Gasteiger partial charge >= 0.3 is 5.97 Å². The molecule has 0 amide bonds. The van der Waals surface area contributed by atoms with E-state index < -0.39 is 5.97 Å². The lowest BCUT2D eigenvalue weighted by atomic mass is 10.0. The zero-order chi connectivity index (χ0) is 14.7. The highest BCUT2D eigenvalue weighted by molar-refractivity contribution is 6.42. The number of carbonyl (C=O) groups is 1. The number of allylic oxidation sites excluding steroid dienone is 1. The van der Waals surface area contributed by atoms with E-state index in [1.165, 1.54) is 6.08 Å². The number of hydrogen-bond acceptors (Lipinski definition) is 1. The Morgan fingerprint density at radius 3 is 2.15 bits per heavy atom. The first-order chi connectivity index (χ1) is 9.47. The number of aliphatic carboxylic acids is 1. The molecule has 0 aliphatic rings. The summed E-state index contributed by atoms with van der Waals surface area (Å²) in [5.74, 6) is -0.948. The monoisotopic (exact) mass is 306 g/mol. The van der Waals surface area contributed by atoms with E-state index in [0.717, 1.165) is 16.7 Å². The molecule has 0 unspecified atom stereocenters. The zero-order valence-electron chi connectivity index (χ0n) is 10.7. The molecule has 20 heavy (non-hydrogen) atoms. The Bertz CT molecular complexity index is 673. The first-order valence-electron chi connectivity index (χ1n) is 5.94. The molecule has 2 aromatic carbocycles. The fourth-order valence-electron chi connectivity index (χ4n) is 1.87. The molecule has 1 N–H and O–H groups in total. The third-order valence-corrected chi connectivity index (χ3v) is 3.67. The summed E-state index contributed by atoms with van der Waals surface area (Å²) in [6, 6.07) is 13.1. The molecule has 0 saturated heterocycles. The normalized spacial score (nSPS) is 11.4. The maximum atomic E-state index is 10.6. The first kappa shape index (κ1) is 14.6. The van der Waals surface area contributed by atoms with Crippen molar-refractivity contribution in [2.45, 2.75) is 6.92 Å². The van der Waals surface area contributed by atoms with Crippen molar-refractivity contribution in [1.29, 1.82) is 0 Å². The van der Waals surface area contributed by atoms with Gasteiger partial charge < -0.3 is 5.11 Å². The maximum Gasteiger partial charge on any atom is 0.328 e. The Kier molecular flexibility index (Phi) is 4.48. The minimum Gasteiger partial charge on any atom is -0.478 e. The summed E-state index contributed by atoms with van der Waals surface area (Å²) < 4.78 is 0. The Hall–Kier alpha value is -1.77. The lowest BCUT2D eigenvalue weighted by molar-refractivity contribution is -0.131. The average Bonchev–Trinajstić information content (AvgIpc) is 2.41. The van der Waals surface area contributed by atoms with Gasteiger partial charge in [0, 0.05) is 6.08 Å². The molecule has 2 aromatic rings. The highest BCUT2D eigenvalue weighted by Crippen LogP contribution is 2.29. The molecule has 2 rings (SSSR count). The third kappa shape index (κ3) is 3.41. The van der Waals surface area contributed by atoms with E-state index in [-0.39, 0.29) is 0 Å². The molecular formula is C16H12Cl2O2. The van der Waals surface area contributed by atoms with Crippen molar-refractivity contribution in [2.75, 3.05) is 0 Å². The van der Waals surface area contributed by atoms with Gasteiger partial charge in [0.2, 0.25) is 0 Å². The lowest BCUT2D eigenvalue weighted by Gasteiger charge is -2.06. The third-order valence-electron chi connectivity index (χ3n) is 2.93. The van der Waals surface area contributed by atoms with Crippen LogP contribution in [0.3, 0.4) is 0 Å². The van der Waals surface area contributed by atoms with E-state index in [0.29, 0.717) is 15.6 Å². The average molecular weight is 307 g/mol. The Morgan fingerprint density at radius 2 is 1.60 bits per heavy atom. The van der Waals surface area contributed by atoms with Crippen LogP contribution >= 0.6 is 23.2 Å². The summed E-state index contributed by atoms with van der Waals surface area (Å²) in [7, 11) is 0. The highest BCUT2D eigenvalue weighted by Gasteiger charge is 2.03. The van der Waals surface area contributed by atoms with Gasteiger partial charge in [-0.1, -0.05) is 53.5 Å². The predicted octanol–water partition coefficient (Wildman–Crippen LogP) is 5.15. The summed E-state index contributed by atoms with van der Waals surface area (Å²) in [4.78, 5) is 10.6. The molecular weight excluding hydrogens is 295 g/mol. The molecule has 0 aromatic heterocycles. The highest BCUT2D eigenvalue weighted by atomic mass is 35.5. The van der Waals surface area contributed by atoms with Crippen LogP contribution in [-0.2, 0) is 4.79 Å². The van der Waals surface area contributed by atoms with Crippen LogP contribution in [0.15, 0.2) is 48.5 Å². The van der Waals surface area contributed by atoms with Crippen molar-refractivity contribution in [1.82, 2.24) is 0 Å². The van der Waals surface area contributed by atoms with Gasteiger partial charge in [-0.15, -0.1) is 0 Å². The minimum absolute atomic E-state index is 0.509. The van der Waals surface area contributed by atoms with Crippen LogP contribution in [0, 0.1) is 0 Å². The topological polar surface area (TPSA) is 37.3 Å². The molecule has 0 aliphatic heterocycles. The molecule has 0 atom stereocenters. The van der Waals surface area contributed by atoms with Crippen LogP contribution in [0.1, 0.15) is 12.5 Å². The SMILES string of the molecule is C/C(=C/C(=O)O)c1ccc(-c2ccc(Cl)c(Cl)c2)cc1. The largest absolute Gasteiger partial charge is 0.478 e. The molecule has 0 heterocycles. The van der Waals surface area contributed by atoms with Gasteiger partial charge in [-0.2, -0.15) is 0 Å². The van der Waals surface area contributed by atoms with Crippen molar-refractivity contribution in [3.63, 3.8) is 0 Å². The standard InChI is InChI=1S/C16H12Cl2O2/c1-10(8-16(19)20)11-2-4-12(5-3-11)13-6-7-14(17)15(18)9-13/h2-9H,1H3,(H,19,20)/b10-8-. The number of carboxylic acid groups (broad SMARTS) is 1. The number of hydrogen-bond donors (Lipinski definition) is 1. The first-order valence-corrected chi connectivity index (χ1v) is 6.70. The van der Waals surface area contributed by atoms with Crippen LogP contribution in [0.4, 0.5) is 0 Å². The van der Waals surface area contributed by atoms with E-state index in [1.807, 2.05) is 30.3 Å². The van der Waals surface area contributed by atoms with Gasteiger partial charge in [0.25, 0.3) is 0 Å². The number of carboxylic acids is 1. The van der Waals surface area contributed by atoms with Crippen LogP contribution in [0.5, 0.6) is 0 Å². The van der Waals surface area contributed by atoms with Crippen LogP contribution in [0.25, 0.3) is 16.7 Å². The second-order valence-corrected chi connectivity index (χ2v) is 5.19. The van der Waals surface area contributed by atoms with E-state index in [2.05, 4.69) is 0 Å². The fraction of sp³-hybridized carbons (Fsp3) is 0.0625. The molecule has 2 nitrogen and oxygen atoms in total. The summed E-state index contributed by atoms with van der Waals surface area (Å²) in [5.41, 5.74) is 3.54. The van der Waals surface area contributed by atoms with Gasteiger partial charge in [-0.25, -0.2) is 4.79 Å². The minimum atomic E-state index is -0.948. The summed E-state index contributed by atoms with van der Waals surface area (Å²) in [6.45, 7) is 1.77. The van der Waals surface area contributed by atoms with Crippen molar-refractivity contribution in [3.8, 4) is 11.1 Å². The number of benzene rings is 2. The fourth-order valence-corrected chi connectivity index (χ4v) is 2.17. The van der Waals surface area contributed by atoms with E-state index in [9.17, 15) is 4.79 Å². The smallest absolute Gasteiger partial charge is 0.328 e. The quantitative estimate of drug-likeness (QED) is 0.796. The van der Waals surface area contributed by atoms with Gasteiger partial charge in [0.15, 0.2) is 0 Å². The molecule has 0 radical (unpaired) electrons. The van der Waals surface area contributed by atoms with E-state index >= 15 is 0 Å². The van der Waals surface area contributed by atoms with Crippen LogP contribution < -0.4 is 0 Å². The second kappa shape index (κ2) is 6.12. The van der Waals surface area contributed by atoms with Gasteiger partial charge in [0.1, 0.15) is 0 Å². The molecule has 0 aliphatic carbocycles. The molecule has 0 bridgehead atoms. The Balaban J connectivity index is 2.32. The summed E-state index contributed by atoms with van der Waals surface area (Å²) >= 11 is 11.9. The number of rotatable bonds is 3. The van der Waals surface area contributed by atoms with Crippen LogP contribution in [0.2, 0.25) is 10.0 Å². The van der Waals surface area contributed by atoms with Crippen LogP contribution in [-0.4, -0.2) is 11.1 Å². The zero-order valence-corrected chi connectivity index (χ0v) is 12.2. The maximum absolute atomic E-state index is 10.6. The lowest BCUT2D eigenvalue weighted by Crippen LogP contribution is -1.90. The van der Waals surface area contributed by atoms with Crippen molar-refractivity contribution >= 4 is 34.7 Å². The van der Waals surface area contributed by atoms with E-state index in [4.69, 9.17) is 28.3 Å².